The number of morpholine rings is 1. The summed E-state index contributed by atoms with van der Waals surface area (Å²) in [4.78, 5) is 21.9. The second-order valence-electron chi connectivity index (χ2n) is 8.15. The van der Waals surface area contributed by atoms with Crippen molar-refractivity contribution in [3.63, 3.8) is 0 Å². The third-order valence-corrected chi connectivity index (χ3v) is 4.23. The third-order valence-electron chi connectivity index (χ3n) is 4.23. The fraction of sp³-hybridized carbons (Fsp3) is 0.579. The van der Waals surface area contributed by atoms with Crippen molar-refractivity contribution in [2.24, 2.45) is 5.41 Å². The Labute approximate surface area is 155 Å². The summed E-state index contributed by atoms with van der Waals surface area (Å²) in [5.41, 5.74) is 2.98. The molecule has 1 atom stereocenters. The largest absolute Gasteiger partial charge is 0.369 e. The minimum Gasteiger partial charge on any atom is -0.369 e. The Morgan fingerprint density at radius 3 is 2.58 bits per heavy atom. The minimum absolute atomic E-state index is 0.0944. The van der Waals surface area contributed by atoms with Crippen molar-refractivity contribution in [1.82, 2.24) is 24.8 Å². The molecule has 0 unspecified atom stereocenters. The lowest BCUT2D eigenvalue weighted by atomic mass is 9.95. The predicted molar refractivity (Wildman–Crippen MR) is 102 cm³/mol. The number of anilines is 1. The monoisotopic (exact) mass is 356 g/mol. The van der Waals surface area contributed by atoms with Gasteiger partial charge in [-0.2, -0.15) is 0 Å². The van der Waals surface area contributed by atoms with Crippen LogP contribution in [0, 0.1) is 5.41 Å². The van der Waals surface area contributed by atoms with E-state index in [9.17, 15) is 0 Å². The molecule has 1 aliphatic rings. The van der Waals surface area contributed by atoms with Crippen LogP contribution in [0.5, 0.6) is 0 Å². The Bertz CT molecular complexity index is 729. The number of nitrogens with zero attached hydrogens (tertiary/aromatic N) is 6. The number of rotatable bonds is 4. The highest BCUT2D eigenvalue weighted by Crippen LogP contribution is 2.31. The van der Waals surface area contributed by atoms with E-state index in [2.05, 4.69) is 40.6 Å². The van der Waals surface area contributed by atoms with Crippen LogP contribution < -0.4 is 4.90 Å². The minimum atomic E-state index is -0.0944. The lowest BCUT2D eigenvalue weighted by Crippen LogP contribution is -2.42. The molecule has 1 aliphatic heterocycles. The highest BCUT2D eigenvalue weighted by molar-refractivity contribution is 5.64. The van der Waals surface area contributed by atoms with Crippen molar-refractivity contribution in [3.05, 3.63) is 30.6 Å². The number of ether oxygens (including phenoxy) is 1. The van der Waals surface area contributed by atoms with E-state index in [4.69, 9.17) is 9.72 Å². The molecule has 0 N–H and O–H groups in total. The fourth-order valence-electron chi connectivity index (χ4n) is 3.19. The van der Waals surface area contributed by atoms with Gasteiger partial charge in [-0.1, -0.05) is 20.8 Å². The fourth-order valence-corrected chi connectivity index (χ4v) is 3.19. The van der Waals surface area contributed by atoms with Crippen LogP contribution in [0.1, 0.15) is 32.6 Å². The molecule has 7 heteroatoms. The molecule has 7 nitrogen and oxygen atoms in total. The van der Waals surface area contributed by atoms with Gasteiger partial charge in [0.15, 0.2) is 0 Å². The first-order chi connectivity index (χ1) is 12.3. The molecule has 2 aromatic rings. The molecule has 0 radical (unpaired) electrons. The summed E-state index contributed by atoms with van der Waals surface area (Å²) >= 11 is 0. The van der Waals surface area contributed by atoms with Gasteiger partial charge in [-0.3, -0.25) is 4.90 Å². The van der Waals surface area contributed by atoms with Crippen molar-refractivity contribution in [2.75, 3.05) is 45.2 Å². The molecule has 0 spiro atoms. The van der Waals surface area contributed by atoms with E-state index in [0.29, 0.717) is 12.6 Å². The summed E-state index contributed by atoms with van der Waals surface area (Å²) < 4.78 is 6.11. The highest BCUT2D eigenvalue weighted by atomic mass is 16.5. The summed E-state index contributed by atoms with van der Waals surface area (Å²) in [7, 11) is 3.89. The molecule has 26 heavy (non-hydrogen) atoms. The topological polar surface area (TPSA) is 67.3 Å². The number of hydrogen-bond acceptors (Lipinski definition) is 7. The molecule has 1 fully saturated rings. The quantitative estimate of drug-likeness (QED) is 0.833. The summed E-state index contributed by atoms with van der Waals surface area (Å²) in [6.07, 6.45) is 6.87. The smallest absolute Gasteiger partial charge is 0.225 e. The van der Waals surface area contributed by atoms with Gasteiger partial charge < -0.3 is 9.64 Å². The van der Waals surface area contributed by atoms with Crippen LogP contribution in [-0.2, 0) is 4.74 Å². The zero-order valence-electron chi connectivity index (χ0n) is 16.3. The van der Waals surface area contributed by atoms with Crippen molar-refractivity contribution in [3.8, 4) is 11.1 Å². The van der Waals surface area contributed by atoms with Crippen LogP contribution in [0.4, 0.5) is 5.95 Å². The molecule has 3 rings (SSSR count). The molecule has 140 valence electrons. The van der Waals surface area contributed by atoms with E-state index < -0.39 is 0 Å². The van der Waals surface area contributed by atoms with Gasteiger partial charge in [-0.15, -0.1) is 0 Å². The summed E-state index contributed by atoms with van der Waals surface area (Å²) in [5.74, 6) is 0.678. The first-order valence-corrected chi connectivity index (χ1v) is 8.97. The Kier molecular flexibility index (Phi) is 5.48. The van der Waals surface area contributed by atoms with E-state index in [-0.39, 0.29) is 11.5 Å². The highest BCUT2D eigenvalue weighted by Gasteiger charge is 2.28. The van der Waals surface area contributed by atoms with Gasteiger partial charge >= 0.3 is 0 Å². The normalized spacial score (nSPS) is 18.7. The SMILES string of the molecule is CN(C)c1ncc(-c2cncnc2)c([C@@H]2CN(CC(C)(C)C)CCO2)n1. The standard InChI is InChI=1S/C19H28N6O/c1-19(2,3)12-25-6-7-26-16(11-25)17-15(14-8-20-13-21-9-14)10-22-18(23-17)24(4)5/h8-10,13,16H,6-7,11-12H2,1-5H3/t16-/m0/s1. The third kappa shape index (κ3) is 4.53. The maximum Gasteiger partial charge on any atom is 0.225 e. The van der Waals surface area contributed by atoms with Gasteiger partial charge in [-0.05, 0) is 5.41 Å². The van der Waals surface area contributed by atoms with Gasteiger partial charge in [-0.25, -0.2) is 19.9 Å². The van der Waals surface area contributed by atoms with Crippen molar-refractivity contribution >= 4 is 5.95 Å². The summed E-state index contributed by atoms with van der Waals surface area (Å²) in [5, 5.41) is 0. The molecule has 0 amide bonds. The van der Waals surface area contributed by atoms with Crippen LogP contribution >= 0.6 is 0 Å². The molecule has 0 aromatic carbocycles. The number of hydrogen-bond donors (Lipinski definition) is 0. The van der Waals surface area contributed by atoms with Gasteiger partial charge in [0.25, 0.3) is 0 Å². The van der Waals surface area contributed by atoms with Crippen LogP contribution in [-0.4, -0.2) is 65.2 Å². The maximum absolute atomic E-state index is 6.11. The summed E-state index contributed by atoms with van der Waals surface area (Å²) in [6, 6.07) is 0. The van der Waals surface area contributed by atoms with E-state index in [1.807, 2.05) is 25.2 Å². The zero-order chi connectivity index (χ0) is 18.7. The lowest BCUT2D eigenvalue weighted by molar-refractivity contribution is -0.0404. The van der Waals surface area contributed by atoms with Crippen molar-refractivity contribution in [1.29, 1.82) is 0 Å². The molecular weight excluding hydrogens is 328 g/mol. The van der Waals surface area contributed by atoms with E-state index >= 15 is 0 Å². The molecule has 2 aromatic heterocycles. The molecule has 0 saturated carbocycles. The second kappa shape index (κ2) is 7.63. The van der Waals surface area contributed by atoms with Crippen molar-refractivity contribution < 1.29 is 4.74 Å². The maximum atomic E-state index is 6.11. The average Bonchev–Trinajstić information content (AvgIpc) is 2.60. The predicted octanol–water partition coefficient (Wildman–Crippen LogP) is 2.42. The summed E-state index contributed by atoms with van der Waals surface area (Å²) in [6.45, 7) is 10.3. The second-order valence-corrected chi connectivity index (χ2v) is 8.15. The van der Waals surface area contributed by atoms with E-state index in [0.717, 1.165) is 36.5 Å². The van der Waals surface area contributed by atoms with Gasteiger partial charge in [0.1, 0.15) is 12.4 Å². The van der Waals surface area contributed by atoms with Crippen LogP contribution in [0.2, 0.25) is 0 Å². The van der Waals surface area contributed by atoms with Crippen molar-refractivity contribution in [2.45, 2.75) is 26.9 Å². The van der Waals surface area contributed by atoms with Gasteiger partial charge in [0, 0.05) is 63.4 Å². The molecule has 0 aliphatic carbocycles. The van der Waals surface area contributed by atoms with Gasteiger partial charge in [0.05, 0.1) is 12.3 Å². The first kappa shape index (κ1) is 18.7. The molecule has 1 saturated heterocycles. The Balaban J connectivity index is 1.95. The Morgan fingerprint density at radius 2 is 1.92 bits per heavy atom. The van der Waals surface area contributed by atoms with Crippen LogP contribution in [0.3, 0.4) is 0 Å². The van der Waals surface area contributed by atoms with Crippen LogP contribution in [0.25, 0.3) is 11.1 Å². The molecule has 3 heterocycles. The molecular formula is C19H28N6O. The Hall–Kier alpha value is -2.12. The van der Waals surface area contributed by atoms with E-state index in [1.54, 1.807) is 12.4 Å². The first-order valence-electron chi connectivity index (χ1n) is 8.97. The average molecular weight is 356 g/mol. The zero-order valence-corrected chi connectivity index (χ0v) is 16.3. The van der Waals surface area contributed by atoms with Crippen LogP contribution in [0.15, 0.2) is 24.9 Å². The van der Waals surface area contributed by atoms with Gasteiger partial charge in [0.2, 0.25) is 5.95 Å². The Morgan fingerprint density at radius 1 is 1.19 bits per heavy atom. The number of aromatic nitrogens is 4. The lowest BCUT2D eigenvalue weighted by Gasteiger charge is -2.37. The van der Waals surface area contributed by atoms with E-state index in [1.165, 1.54) is 6.33 Å². The molecule has 0 bridgehead atoms.